The smallest absolute Gasteiger partial charge is 0.313 e. The second kappa shape index (κ2) is 1.76. The lowest BCUT2D eigenvalue weighted by atomic mass is 10.1. The second-order valence-electron chi connectivity index (χ2n) is 2.32. The summed E-state index contributed by atoms with van der Waals surface area (Å²) in [5.74, 6) is -0.760. The van der Waals surface area contributed by atoms with E-state index in [1.807, 2.05) is 0 Å². The van der Waals surface area contributed by atoms with Crippen molar-refractivity contribution in [2.24, 2.45) is 11.1 Å². The Balaban J connectivity index is 2.63. The average molecular weight is 127 g/mol. The quantitative estimate of drug-likeness (QED) is 0.561. The topological polar surface area (TPSA) is 63.3 Å². The predicted octanol–water partition coefficient (Wildman–Crippen LogP) is 0.324. The molecule has 0 radical (unpaired) electrons. The summed E-state index contributed by atoms with van der Waals surface area (Å²) >= 11 is 0. The Hall–Kier alpha value is -0.990. The number of aliphatic carboxylic acids is 1. The van der Waals surface area contributed by atoms with Crippen LogP contribution in [0.1, 0.15) is 12.8 Å². The van der Waals surface area contributed by atoms with E-state index >= 15 is 0 Å². The molecule has 1 saturated carbocycles. The highest BCUT2D eigenvalue weighted by molar-refractivity contribution is 5.80. The minimum absolute atomic E-state index is 0.589. The number of carbonyl (C=O) groups is 1. The van der Waals surface area contributed by atoms with Crippen LogP contribution in [0.3, 0.4) is 0 Å². The van der Waals surface area contributed by atoms with Crippen LogP contribution in [0.25, 0.3) is 0 Å². The Morgan fingerprint density at radius 2 is 2.22 bits per heavy atom. The minimum Gasteiger partial charge on any atom is -0.481 e. The van der Waals surface area contributed by atoms with Crippen LogP contribution in [0.2, 0.25) is 0 Å². The van der Waals surface area contributed by atoms with Gasteiger partial charge in [0, 0.05) is 0 Å². The maximum absolute atomic E-state index is 10.4. The van der Waals surface area contributed by atoms with Gasteiger partial charge >= 0.3 is 5.97 Å². The first-order valence-electron chi connectivity index (χ1n) is 2.84. The normalized spacial score (nSPS) is 22.2. The van der Waals surface area contributed by atoms with Crippen LogP contribution < -0.4 is 5.73 Å². The molecule has 50 valence electrons. The van der Waals surface area contributed by atoms with Crippen LogP contribution in [-0.4, -0.2) is 11.1 Å². The fraction of sp³-hybridized carbons (Fsp3) is 0.500. The first kappa shape index (κ1) is 6.13. The van der Waals surface area contributed by atoms with E-state index in [1.165, 1.54) is 6.20 Å². The Labute approximate surface area is 53.2 Å². The van der Waals surface area contributed by atoms with Gasteiger partial charge in [-0.1, -0.05) is 6.08 Å². The van der Waals surface area contributed by atoms with Gasteiger partial charge in [-0.3, -0.25) is 4.79 Å². The van der Waals surface area contributed by atoms with Crippen molar-refractivity contribution >= 4 is 5.97 Å². The third kappa shape index (κ3) is 0.896. The van der Waals surface area contributed by atoms with E-state index in [9.17, 15) is 4.79 Å². The number of hydrogen-bond donors (Lipinski definition) is 2. The summed E-state index contributed by atoms with van der Waals surface area (Å²) in [4.78, 5) is 10.4. The van der Waals surface area contributed by atoms with Crippen molar-refractivity contribution in [3.8, 4) is 0 Å². The van der Waals surface area contributed by atoms with E-state index in [0.29, 0.717) is 0 Å². The van der Waals surface area contributed by atoms with Crippen LogP contribution in [0.15, 0.2) is 12.3 Å². The molecule has 3 nitrogen and oxygen atoms in total. The van der Waals surface area contributed by atoms with Crippen LogP contribution in [0, 0.1) is 5.41 Å². The summed E-state index contributed by atoms with van der Waals surface area (Å²) in [5, 5.41) is 8.53. The van der Waals surface area contributed by atoms with Gasteiger partial charge in [0.1, 0.15) is 0 Å². The van der Waals surface area contributed by atoms with E-state index in [-0.39, 0.29) is 0 Å². The number of hydrogen-bond acceptors (Lipinski definition) is 2. The van der Waals surface area contributed by atoms with Crippen molar-refractivity contribution in [3.05, 3.63) is 12.3 Å². The number of rotatable bonds is 2. The Morgan fingerprint density at radius 3 is 2.33 bits per heavy atom. The monoisotopic (exact) mass is 127 g/mol. The maximum Gasteiger partial charge on any atom is 0.313 e. The largest absolute Gasteiger partial charge is 0.481 e. The van der Waals surface area contributed by atoms with Crippen LogP contribution in [0.5, 0.6) is 0 Å². The third-order valence-electron chi connectivity index (χ3n) is 1.63. The summed E-state index contributed by atoms with van der Waals surface area (Å²) < 4.78 is 0. The SMILES string of the molecule is NC=CC1(C(=O)O)CC1. The summed E-state index contributed by atoms with van der Waals surface area (Å²) in [6.07, 6.45) is 4.32. The number of carboxylic acids is 1. The summed E-state index contributed by atoms with van der Waals surface area (Å²) in [6, 6.07) is 0. The summed E-state index contributed by atoms with van der Waals surface area (Å²) in [5.41, 5.74) is 4.46. The fourth-order valence-corrected chi connectivity index (χ4v) is 0.771. The first-order chi connectivity index (χ1) is 4.21. The molecule has 9 heavy (non-hydrogen) atoms. The second-order valence-corrected chi connectivity index (χ2v) is 2.32. The highest BCUT2D eigenvalue weighted by Gasteiger charge is 2.47. The molecule has 0 bridgehead atoms. The molecule has 0 spiro atoms. The molecule has 0 unspecified atom stereocenters. The third-order valence-corrected chi connectivity index (χ3v) is 1.63. The van der Waals surface area contributed by atoms with E-state index in [2.05, 4.69) is 0 Å². The maximum atomic E-state index is 10.4. The molecule has 0 heterocycles. The zero-order chi connectivity index (χ0) is 6.91. The molecule has 0 amide bonds. The lowest BCUT2D eigenvalue weighted by Crippen LogP contribution is -2.11. The molecule has 3 N–H and O–H groups in total. The zero-order valence-corrected chi connectivity index (χ0v) is 5.00. The van der Waals surface area contributed by atoms with Crippen LogP contribution >= 0.6 is 0 Å². The molecule has 0 atom stereocenters. The van der Waals surface area contributed by atoms with Crippen molar-refractivity contribution in [1.29, 1.82) is 0 Å². The van der Waals surface area contributed by atoms with Crippen molar-refractivity contribution in [2.45, 2.75) is 12.8 Å². The lowest BCUT2D eigenvalue weighted by Gasteiger charge is -1.98. The average Bonchev–Trinajstić information content (AvgIpc) is 2.49. The minimum atomic E-state index is -0.760. The van der Waals surface area contributed by atoms with Crippen LogP contribution in [0.4, 0.5) is 0 Å². The van der Waals surface area contributed by atoms with Gasteiger partial charge < -0.3 is 10.8 Å². The van der Waals surface area contributed by atoms with Crippen molar-refractivity contribution in [2.75, 3.05) is 0 Å². The number of carboxylic acid groups (broad SMARTS) is 1. The first-order valence-corrected chi connectivity index (χ1v) is 2.84. The van der Waals surface area contributed by atoms with Crippen molar-refractivity contribution in [3.63, 3.8) is 0 Å². The molecule has 1 aliphatic rings. The molecule has 3 heteroatoms. The van der Waals surface area contributed by atoms with Crippen molar-refractivity contribution in [1.82, 2.24) is 0 Å². The van der Waals surface area contributed by atoms with Gasteiger partial charge in [-0.2, -0.15) is 0 Å². The van der Waals surface area contributed by atoms with Crippen molar-refractivity contribution < 1.29 is 9.90 Å². The molecular formula is C6H9NO2. The van der Waals surface area contributed by atoms with Gasteiger partial charge in [-0.25, -0.2) is 0 Å². The van der Waals surface area contributed by atoms with Gasteiger partial charge in [-0.05, 0) is 19.0 Å². The standard InChI is InChI=1S/C6H9NO2/c7-4-3-6(1-2-6)5(8)9/h3-4H,1-2,7H2,(H,8,9). The molecule has 0 aromatic heterocycles. The lowest BCUT2D eigenvalue weighted by molar-refractivity contribution is -0.141. The van der Waals surface area contributed by atoms with E-state index in [1.54, 1.807) is 6.08 Å². The van der Waals surface area contributed by atoms with E-state index in [4.69, 9.17) is 10.8 Å². The molecule has 1 rings (SSSR count). The molecule has 0 saturated heterocycles. The molecule has 1 fully saturated rings. The van der Waals surface area contributed by atoms with Gasteiger partial charge in [-0.15, -0.1) is 0 Å². The highest BCUT2D eigenvalue weighted by atomic mass is 16.4. The zero-order valence-electron chi connectivity index (χ0n) is 5.00. The molecule has 1 aliphatic carbocycles. The Bertz CT molecular complexity index is 158. The number of nitrogens with two attached hydrogens (primary N) is 1. The van der Waals surface area contributed by atoms with Gasteiger partial charge in [0.2, 0.25) is 0 Å². The summed E-state index contributed by atoms with van der Waals surface area (Å²) in [6.45, 7) is 0. The summed E-state index contributed by atoms with van der Waals surface area (Å²) in [7, 11) is 0. The van der Waals surface area contributed by atoms with Gasteiger partial charge in [0.25, 0.3) is 0 Å². The van der Waals surface area contributed by atoms with E-state index in [0.717, 1.165) is 12.8 Å². The fourth-order valence-electron chi connectivity index (χ4n) is 0.771. The van der Waals surface area contributed by atoms with E-state index < -0.39 is 11.4 Å². The molecular weight excluding hydrogens is 118 g/mol. The molecule has 0 aromatic rings. The molecule has 0 aliphatic heterocycles. The van der Waals surface area contributed by atoms with Gasteiger partial charge in [0.15, 0.2) is 0 Å². The predicted molar refractivity (Wildman–Crippen MR) is 32.6 cm³/mol. The van der Waals surface area contributed by atoms with Crippen LogP contribution in [-0.2, 0) is 4.79 Å². The Kier molecular flexibility index (Phi) is 1.20. The highest BCUT2D eigenvalue weighted by Crippen LogP contribution is 2.46. The van der Waals surface area contributed by atoms with Gasteiger partial charge in [0.05, 0.1) is 5.41 Å². The Morgan fingerprint density at radius 1 is 1.67 bits per heavy atom. The molecule has 0 aromatic carbocycles.